The summed E-state index contributed by atoms with van der Waals surface area (Å²) in [7, 11) is 0. The van der Waals surface area contributed by atoms with Gasteiger partial charge in [-0.3, -0.25) is 4.79 Å². The van der Waals surface area contributed by atoms with E-state index in [0.717, 1.165) is 18.9 Å². The van der Waals surface area contributed by atoms with Crippen LogP contribution in [-0.2, 0) is 12.6 Å². The number of alkyl halides is 3. The maximum Gasteiger partial charge on any atom is 0.416 e. The van der Waals surface area contributed by atoms with Gasteiger partial charge < -0.3 is 4.90 Å². The number of aryl methyl sites for hydroxylation is 1. The Balaban J connectivity index is 1.62. The molecule has 1 fully saturated rings. The van der Waals surface area contributed by atoms with Crippen LogP contribution >= 0.6 is 0 Å². The number of rotatable bonds is 4. The van der Waals surface area contributed by atoms with Gasteiger partial charge in [-0.25, -0.2) is 0 Å². The Hall–Kier alpha value is -2.44. The predicted molar refractivity (Wildman–Crippen MR) is 90.4 cm³/mol. The SMILES string of the molecule is O=C(c1cccnn1)N1CCCC(CCc2ccccc2C(F)(F)F)C1. The first-order chi connectivity index (χ1) is 12.4. The molecule has 1 aliphatic rings. The van der Waals surface area contributed by atoms with Crippen molar-refractivity contribution in [2.45, 2.75) is 31.9 Å². The average molecular weight is 363 g/mol. The van der Waals surface area contributed by atoms with Gasteiger partial charge in [0.05, 0.1) is 5.56 Å². The quantitative estimate of drug-likeness (QED) is 0.825. The third-order valence-corrected chi connectivity index (χ3v) is 4.74. The molecular formula is C19H20F3N3O. The lowest BCUT2D eigenvalue weighted by atomic mass is 9.90. The van der Waals surface area contributed by atoms with Crippen molar-refractivity contribution in [1.29, 1.82) is 0 Å². The number of likely N-dealkylation sites (tertiary alicyclic amines) is 1. The lowest BCUT2D eigenvalue weighted by molar-refractivity contribution is -0.138. The first kappa shape index (κ1) is 18.4. The molecule has 0 saturated carbocycles. The van der Waals surface area contributed by atoms with Gasteiger partial charge in [0, 0.05) is 19.3 Å². The molecule has 1 aromatic heterocycles. The minimum Gasteiger partial charge on any atom is -0.337 e. The number of carbonyl (C=O) groups excluding carboxylic acids is 1. The van der Waals surface area contributed by atoms with Crippen molar-refractivity contribution in [3.63, 3.8) is 0 Å². The lowest BCUT2D eigenvalue weighted by Crippen LogP contribution is -2.40. The number of benzene rings is 1. The number of piperidine rings is 1. The van der Waals surface area contributed by atoms with E-state index in [-0.39, 0.29) is 11.8 Å². The van der Waals surface area contributed by atoms with Crippen molar-refractivity contribution >= 4 is 5.91 Å². The molecule has 26 heavy (non-hydrogen) atoms. The maximum absolute atomic E-state index is 13.1. The van der Waals surface area contributed by atoms with Crippen LogP contribution in [0.25, 0.3) is 0 Å². The van der Waals surface area contributed by atoms with Gasteiger partial charge in [-0.1, -0.05) is 18.2 Å². The summed E-state index contributed by atoms with van der Waals surface area (Å²) in [6, 6.07) is 8.99. The van der Waals surface area contributed by atoms with E-state index in [0.29, 0.717) is 37.2 Å². The second-order valence-corrected chi connectivity index (χ2v) is 6.56. The van der Waals surface area contributed by atoms with Crippen molar-refractivity contribution < 1.29 is 18.0 Å². The predicted octanol–water partition coefficient (Wildman–Crippen LogP) is 3.98. The van der Waals surface area contributed by atoms with Gasteiger partial charge in [-0.15, -0.1) is 5.10 Å². The molecule has 1 aliphatic heterocycles. The van der Waals surface area contributed by atoms with Crippen LogP contribution in [0.2, 0.25) is 0 Å². The monoisotopic (exact) mass is 363 g/mol. The van der Waals surface area contributed by atoms with Crippen LogP contribution in [0.4, 0.5) is 13.2 Å². The van der Waals surface area contributed by atoms with Gasteiger partial charge >= 0.3 is 6.18 Å². The van der Waals surface area contributed by atoms with Crippen LogP contribution in [-0.4, -0.2) is 34.1 Å². The Morgan fingerprint density at radius 3 is 2.73 bits per heavy atom. The Kier molecular flexibility index (Phi) is 5.54. The highest BCUT2D eigenvalue weighted by Gasteiger charge is 2.33. The molecule has 138 valence electrons. The van der Waals surface area contributed by atoms with E-state index < -0.39 is 11.7 Å². The Labute approximate surface area is 150 Å². The van der Waals surface area contributed by atoms with Crippen molar-refractivity contribution in [1.82, 2.24) is 15.1 Å². The highest BCUT2D eigenvalue weighted by Crippen LogP contribution is 2.33. The smallest absolute Gasteiger partial charge is 0.337 e. The zero-order valence-corrected chi connectivity index (χ0v) is 14.2. The van der Waals surface area contributed by atoms with Crippen LogP contribution in [0, 0.1) is 5.92 Å². The van der Waals surface area contributed by atoms with Gasteiger partial charge in [0.1, 0.15) is 0 Å². The van der Waals surface area contributed by atoms with Crippen molar-refractivity contribution in [3.05, 3.63) is 59.4 Å². The lowest BCUT2D eigenvalue weighted by Gasteiger charge is -2.32. The molecule has 1 unspecified atom stereocenters. The van der Waals surface area contributed by atoms with Crippen molar-refractivity contribution in [2.24, 2.45) is 5.92 Å². The van der Waals surface area contributed by atoms with E-state index in [4.69, 9.17) is 0 Å². The summed E-state index contributed by atoms with van der Waals surface area (Å²) in [5.74, 6) is 0.0177. The summed E-state index contributed by atoms with van der Waals surface area (Å²) in [4.78, 5) is 14.2. The number of halogens is 3. The highest BCUT2D eigenvalue weighted by atomic mass is 19.4. The molecule has 1 saturated heterocycles. The van der Waals surface area contributed by atoms with Gasteiger partial charge in [0.2, 0.25) is 0 Å². The molecule has 0 spiro atoms. The Bertz CT molecular complexity index is 749. The minimum absolute atomic E-state index is 0.168. The molecule has 1 atom stereocenters. The van der Waals surface area contributed by atoms with Gasteiger partial charge in [0.15, 0.2) is 5.69 Å². The number of hydrogen-bond donors (Lipinski definition) is 0. The van der Waals surface area contributed by atoms with Gasteiger partial charge in [-0.05, 0) is 55.4 Å². The molecule has 0 radical (unpaired) electrons. The number of amides is 1. The molecule has 4 nitrogen and oxygen atoms in total. The number of carbonyl (C=O) groups is 1. The fraction of sp³-hybridized carbons (Fsp3) is 0.421. The summed E-state index contributed by atoms with van der Waals surface area (Å²) < 4.78 is 39.3. The molecule has 1 aromatic carbocycles. The largest absolute Gasteiger partial charge is 0.416 e. The van der Waals surface area contributed by atoms with E-state index in [2.05, 4.69) is 10.2 Å². The van der Waals surface area contributed by atoms with Gasteiger partial charge in [0.25, 0.3) is 5.91 Å². The molecule has 7 heteroatoms. The molecule has 2 aromatic rings. The number of hydrogen-bond acceptors (Lipinski definition) is 3. The fourth-order valence-electron chi connectivity index (χ4n) is 3.44. The van der Waals surface area contributed by atoms with Crippen LogP contribution in [0.15, 0.2) is 42.6 Å². The van der Waals surface area contributed by atoms with Crippen molar-refractivity contribution in [3.8, 4) is 0 Å². The third kappa shape index (κ3) is 4.39. The van der Waals surface area contributed by atoms with E-state index in [9.17, 15) is 18.0 Å². The van der Waals surface area contributed by atoms with Gasteiger partial charge in [-0.2, -0.15) is 18.3 Å². The zero-order valence-electron chi connectivity index (χ0n) is 14.2. The van der Waals surface area contributed by atoms with E-state index in [1.807, 2.05) is 0 Å². The summed E-state index contributed by atoms with van der Waals surface area (Å²) in [5.41, 5.74) is 0.0521. The molecule has 2 heterocycles. The average Bonchev–Trinajstić information content (AvgIpc) is 2.66. The van der Waals surface area contributed by atoms with Crippen molar-refractivity contribution in [2.75, 3.05) is 13.1 Å². The molecule has 0 bridgehead atoms. The standard InChI is InChI=1S/C19H20F3N3O/c20-19(21,22)16-7-2-1-6-15(16)10-9-14-5-4-12-25(13-14)18(26)17-8-3-11-23-24-17/h1-3,6-8,11,14H,4-5,9-10,12-13H2. The summed E-state index contributed by atoms with van der Waals surface area (Å²) >= 11 is 0. The third-order valence-electron chi connectivity index (χ3n) is 4.74. The van der Waals surface area contributed by atoms with Crippen LogP contribution < -0.4 is 0 Å². The topological polar surface area (TPSA) is 46.1 Å². The van der Waals surface area contributed by atoms with E-state index >= 15 is 0 Å². The Morgan fingerprint density at radius 2 is 2.00 bits per heavy atom. The van der Waals surface area contributed by atoms with E-state index in [1.54, 1.807) is 23.1 Å². The normalized spacial score (nSPS) is 18.0. The molecular weight excluding hydrogens is 343 g/mol. The maximum atomic E-state index is 13.1. The Morgan fingerprint density at radius 1 is 1.19 bits per heavy atom. The molecule has 0 aliphatic carbocycles. The molecule has 0 N–H and O–H groups in total. The second kappa shape index (κ2) is 7.85. The highest BCUT2D eigenvalue weighted by molar-refractivity contribution is 5.92. The summed E-state index contributed by atoms with van der Waals surface area (Å²) in [5, 5.41) is 7.57. The molecule has 1 amide bonds. The first-order valence-electron chi connectivity index (χ1n) is 8.67. The number of nitrogens with zero attached hydrogens (tertiary/aromatic N) is 3. The minimum atomic E-state index is -4.34. The summed E-state index contributed by atoms with van der Waals surface area (Å²) in [6.45, 7) is 1.19. The second-order valence-electron chi connectivity index (χ2n) is 6.56. The molecule has 3 rings (SSSR count). The fourth-order valence-corrected chi connectivity index (χ4v) is 3.44. The summed E-state index contributed by atoms with van der Waals surface area (Å²) in [6.07, 6.45) is -0.0914. The van der Waals surface area contributed by atoms with Crippen LogP contribution in [0.3, 0.4) is 0 Å². The van der Waals surface area contributed by atoms with E-state index in [1.165, 1.54) is 18.3 Å². The number of aromatic nitrogens is 2. The van der Waals surface area contributed by atoms with Crippen LogP contribution in [0.5, 0.6) is 0 Å². The van der Waals surface area contributed by atoms with Crippen LogP contribution in [0.1, 0.15) is 40.9 Å². The zero-order chi connectivity index (χ0) is 18.6. The first-order valence-corrected chi connectivity index (χ1v) is 8.67.